The van der Waals surface area contributed by atoms with Crippen LogP contribution in [0.2, 0.25) is 5.02 Å². The fourth-order valence-corrected chi connectivity index (χ4v) is 2.55. The van der Waals surface area contributed by atoms with E-state index in [9.17, 15) is 0 Å². The van der Waals surface area contributed by atoms with Crippen LogP contribution in [0.3, 0.4) is 0 Å². The molecule has 0 spiro atoms. The second kappa shape index (κ2) is 7.85. The van der Waals surface area contributed by atoms with Crippen molar-refractivity contribution in [1.82, 2.24) is 4.90 Å². The molecule has 0 aromatic heterocycles. The minimum absolute atomic E-state index is 0.0160. The third-order valence-corrected chi connectivity index (χ3v) is 3.56. The van der Waals surface area contributed by atoms with E-state index >= 15 is 0 Å². The first-order valence-corrected chi connectivity index (χ1v) is 7.22. The van der Waals surface area contributed by atoms with E-state index in [1.165, 1.54) is 5.56 Å². The maximum Gasteiger partial charge on any atom is 0.0499 e. The molecule has 108 valence electrons. The third kappa shape index (κ3) is 4.77. The van der Waals surface area contributed by atoms with E-state index in [-0.39, 0.29) is 18.7 Å². The van der Waals surface area contributed by atoms with Crippen molar-refractivity contribution in [1.29, 1.82) is 0 Å². The highest BCUT2D eigenvalue weighted by Gasteiger charge is 2.25. The molecule has 0 aliphatic heterocycles. The van der Waals surface area contributed by atoms with Crippen LogP contribution >= 0.6 is 11.6 Å². The minimum atomic E-state index is 0.0160. The van der Waals surface area contributed by atoms with Crippen LogP contribution in [0, 0.1) is 0 Å². The first-order valence-electron chi connectivity index (χ1n) is 6.85. The van der Waals surface area contributed by atoms with Crippen LogP contribution in [0.25, 0.3) is 0 Å². The highest BCUT2D eigenvalue weighted by atomic mass is 35.5. The molecule has 2 atom stereocenters. The maximum atomic E-state index is 9.05. The first kappa shape index (κ1) is 16.4. The Labute approximate surface area is 121 Å². The van der Waals surface area contributed by atoms with Gasteiger partial charge >= 0.3 is 0 Å². The molecule has 0 radical (unpaired) electrons. The summed E-state index contributed by atoms with van der Waals surface area (Å²) in [5, 5.41) is 9.78. The Morgan fingerprint density at radius 1 is 1.21 bits per heavy atom. The van der Waals surface area contributed by atoms with Crippen molar-refractivity contribution >= 4 is 11.6 Å². The standard InChI is InChI=1S/C15H25ClN2O/c1-11(2)18(9-4-10-19)15(12(3)17)13-5-7-14(16)8-6-13/h5-8,11-12,15,19H,4,9-10,17H2,1-3H3. The number of nitrogens with zero attached hydrogens (tertiary/aromatic N) is 1. The molecule has 0 heterocycles. The molecule has 19 heavy (non-hydrogen) atoms. The van der Waals surface area contributed by atoms with Crippen molar-refractivity contribution < 1.29 is 5.11 Å². The van der Waals surface area contributed by atoms with Gasteiger partial charge in [-0.3, -0.25) is 4.90 Å². The van der Waals surface area contributed by atoms with E-state index in [0.717, 1.165) is 18.0 Å². The summed E-state index contributed by atoms with van der Waals surface area (Å²) < 4.78 is 0. The predicted molar refractivity (Wildman–Crippen MR) is 81.4 cm³/mol. The van der Waals surface area contributed by atoms with Gasteiger partial charge < -0.3 is 10.8 Å². The Hall–Kier alpha value is -0.610. The summed E-state index contributed by atoms with van der Waals surface area (Å²) >= 11 is 5.94. The molecule has 2 unspecified atom stereocenters. The molecule has 4 heteroatoms. The van der Waals surface area contributed by atoms with Gasteiger partial charge in [0, 0.05) is 36.3 Å². The number of benzene rings is 1. The highest BCUT2D eigenvalue weighted by molar-refractivity contribution is 6.30. The summed E-state index contributed by atoms with van der Waals surface area (Å²) in [4.78, 5) is 2.34. The van der Waals surface area contributed by atoms with Gasteiger partial charge in [0.2, 0.25) is 0 Å². The molecule has 0 saturated heterocycles. The zero-order valence-electron chi connectivity index (χ0n) is 12.0. The third-order valence-electron chi connectivity index (χ3n) is 3.30. The normalized spacial score (nSPS) is 14.9. The quantitative estimate of drug-likeness (QED) is 0.809. The Bertz CT molecular complexity index is 365. The van der Waals surface area contributed by atoms with Crippen LogP contribution in [-0.4, -0.2) is 35.2 Å². The van der Waals surface area contributed by atoms with Crippen LogP contribution < -0.4 is 5.73 Å². The average Bonchev–Trinajstić information content (AvgIpc) is 2.35. The summed E-state index contributed by atoms with van der Waals surface area (Å²) in [6.45, 7) is 7.37. The SMILES string of the molecule is CC(N)C(c1ccc(Cl)cc1)N(CCCO)C(C)C. The molecule has 1 aromatic carbocycles. The van der Waals surface area contributed by atoms with Gasteiger partial charge in [-0.05, 0) is 44.9 Å². The van der Waals surface area contributed by atoms with E-state index in [0.29, 0.717) is 6.04 Å². The fourth-order valence-electron chi connectivity index (χ4n) is 2.43. The zero-order chi connectivity index (χ0) is 14.4. The van der Waals surface area contributed by atoms with Gasteiger partial charge in [0.25, 0.3) is 0 Å². The van der Waals surface area contributed by atoms with Crippen LogP contribution in [-0.2, 0) is 0 Å². The van der Waals surface area contributed by atoms with Gasteiger partial charge in [-0.1, -0.05) is 23.7 Å². The van der Waals surface area contributed by atoms with Crippen LogP contribution in [0.4, 0.5) is 0 Å². The average molecular weight is 285 g/mol. The van der Waals surface area contributed by atoms with E-state index in [1.54, 1.807) is 0 Å². The van der Waals surface area contributed by atoms with Crippen LogP contribution in [0.1, 0.15) is 38.8 Å². The summed E-state index contributed by atoms with van der Waals surface area (Å²) in [5.41, 5.74) is 7.35. The smallest absolute Gasteiger partial charge is 0.0499 e. The Morgan fingerprint density at radius 2 is 1.79 bits per heavy atom. The van der Waals surface area contributed by atoms with Gasteiger partial charge in [-0.15, -0.1) is 0 Å². The summed E-state index contributed by atoms with van der Waals surface area (Å²) in [6, 6.07) is 8.40. The Morgan fingerprint density at radius 3 is 2.21 bits per heavy atom. The second-order valence-corrected chi connectivity index (χ2v) is 5.70. The van der Waals surface area contributed by atoms with Crippen LogP contribution in [0.15, 0.2) is 24.3 Å². The lowest BCUT2D eigenvalue weighted by molar-refractivity contribution is 0.123. The topological polar surface area (TPSA) is 49.5 Å². The molecule has 0 saturated carbocycles. The number of hydrogen-bond donors (Lipinski definition) is 2. The molecule has 0 aliphatic carbocycles. The van der Waals surface area contributed by atoms with E-state index in [4.69, 9.17) is 22.4 Å². The largest absolute Gasteiger partial charge is 0.396 e. The molecule has 0 aliphatic rings. The number of halogens is 1. The predicted octanol–water partition coefficient (Wildman–Crippen LogP) is 2.82. The van der Waals surface area contributed by atoms with Crippen LogP contribution in [0.5, 0.6) is 0 Å². The monoisotopic (exact) mass is 284 g/mol. The van der Waals surface area contributed by atoms with Gasteiger partial charge in [0.1, 0.15) is 0 Å². The highest BCUT2D eigenvalue weighted by Crippen LogP contribution is 2.27. The molecule has 1 rings (SSSR count). The summed E-state index contributed by atoms with van der Waals surface area (Å²) in [6.07, 6.45) is 0.759. The lowest BCUT2D eigenvalue weighted by atomic mass is 9.97. The number of rotatable bonds is 7. The van der Waals surface area contributed by atoms with Crippen molar-refractivity contribution in [2.24, 2.45) is 5.73 Å². The van der Waals surface area contributed by atoms with Gasteiger partial charge in [0.05, 0.1) is 0 Å². The molecule has 0 fully saturated rings. The molecule has 0 amide bonds. The first-order chi connectivity index (χ1) is 8.97. The fraction of sp³-hybridized carbons (Fsp3) is 0.600. The number of aliphatic hydroxyl groups excluding tert-OH is 1. The van der Waals surface area contributed by atoms with Crippen molar-refractivity contribution in [3.63, 3.8) is 0 Å². The van der Waals surface area contributed by atoms with Crippen molar-refractivity contribution in [3.05, 3.63) is 34.9 Å². The van der Waals surface area contributed by atoms with E-state index < -0.39 is 0 Å². The second-order valence-electron chi connectivity index (χ2n) is 5.26. The molecule has 3 nitrogen and oxygen atoms in total. The number of nitrogens with two attached hydrogens (primary N) is 1. The molecule has 3 N–H and O–H groups in total. The summed E-state index contributed by atoms with van der Waals surface area (Å²) in [7, 11) is 0. The van der Waals surface area contributed by atoms with Gasteiger partial charge in [0.15, 0.2) is 0 Å². The lowest BCUT2D eigenvalue weighted by Crippen LogP contribution is -2.43. The van der Waals surface area contributed by atoms with Gasteiger partial charge in [-0.25, -0.2) is 0 Å². The number of aliphatic hydroxyl groups is 1. The molecular formula is C15H25ClN2O. The van der Waals surface area contributed by atoms with Gasteiger partial charge in [-0.2, -0.15) is 0 Å². The molecular weight excluding hydrogens is 260 g/mol. The van der Waals surface area contributed by atoms with Crippen molar-refractivity contribution in [3.8, 4) is 0 Å². The maximum absolute atomic E-state index is 9.05. The summed E-state index contributed by atoms with van der Waals surface area (Å²) in [5.74, 6) is 0. The zero-order valence-corrected chi connectivity index (χ0v) is 12.8. The van der Waals surface area contributed by atoms with Crippen molar-refractivity contribution in [2.45, 2.75) is 45.3 Å². The Balaban J connectivity index is 2.99. The Kier molecular flexibility index (Phi) is 6.80. The van der Waals surface area contributed by atoms with E-state index in [2.05, 4.69) is 18.7 Å². The lowest BCUT2D eigenvalue weighted by Gasteiger charge is -2.37. The van der Waals surface area contributed by atoms with E-state index in [1.807, 2.05) is 31.2 Å². The van der Waals surface area contributed by atoms with Crippen molar-refractivity contribution in [2.75, 3.05) is 13.2 Å². The number of hydrogen-bond acceptors (Lipinski definition) is 3. The molecule has 0 bridgehead atoms. The molecule has 1 aromatic rings. The minimum Gasteiger partial charge on any atom is -0.396 e.